The number of aryl methyl sites for hydroxylation is 1. The topological polar surface area (TPSA) is 27.7 Å². The summed E-state index contributed by atoms with van der Waals surface area (Å²) in [5, 5.41) is 0. The van der Waals surface area contributed by atoms with Gasteiger partial charge < -0.3 is 14.2 Å². The number of hydrogen-bond acceptors (Lipinski definition) is 3. The third kappa shape index (κ3) is 3.57. The van der Waals surface area contributed by atoms with Gasteiger partial charge in [0.05, 0.1) is 13.2 Å². The van der Waals surface area contributed by atoms with Crippen molar-refractivity contribution in [1.29, 1.82) is 0 Å². The van der Waals surface area contributed by atoms with Gasteiger partial charge in [0, 0.05) is 12.0 Å². The van der Waals surface area contributed by atoms with Crippen LogP contribution < -0.4 is 4.74 Å². The van der Waals surface area contributed by atoms with Gasteiger partial charge in [-0.1, -0.05) is 43.7 Å². The Balaban J connectivity index is 1.75. The molecule has 1 fully saturated rings. The molecule has 0 spiro atoms. The predicted octanol–water partition coefficient (Wildman–Crippen LogP) is 4.57. The summed E-state index contributed by atoms with van der Waals surface area (Å²) in [7, 11) is 0. The van der Waals surface area contributed by atoms with E-state index in [4.69, 9.17) is 14.2 Å². The predicted molar refractivity (Wildman–Crippen MR) is 90.4 cm³/mol. The fourth-order valence-corrected chi connectivity index (χ4v) is 3.11. The minimum atomic E-state index is -0.573. The van der Waals surface area contributed by atoms with E-state index in [1.807, 2.05) is 24.3 Å². The zero-order valence-electron chi connectivity index (χ0n) is 13.9. The molecule has 122 valence electrons. The molecule has 0 amide bonds. The second-order valence-electron chi connectivity index (χ2n) is 5.95. The highest BCUT2D eigenvalue weighted by molar-refractivity contribution is 5.38. The molecule has 1 heterocycles. The second-order valence-corrected chi connectivity index (χ2v) is 5.95. The van der Waals surface area contributed by atoms with E-state index < -0.39 is 5.79 Å². The summed E-state index contributed by atoms with van der Waals surface area (Å²) in [6.45, 7) is 6.14. The molecular weight excluding hydrogens is 288 g/mol. The summed E-state index contributed by atoms with van der Waals surface area (Å²) >= 11 is 0. The first-order valence-electron chi connectivity index (χ1n) is 8.29. The molecule has 0 unspecified atom stereocenters. The van der Waals surface area contributed by atoms with Crippen molar-refractivity contribution in [1.82, 2.24) is 0 Å². The lowest BCUT2D eigenvalue weighted by Gasteiger charge is -2.29. The molecule has 0 bridgehead atoms. The van der Waals surface area contributed by atoms with E-state index in [2.05, 4.69) is 38.1 Å². The first kappa shape index (κ1) is 16.0. The van der Waals surface area contributed by atoms with Crippen LogP contribution in [0.3, 0.4) is 0 Å². The normalized spacial score (nSPS) is 16.4. The van der Waals surface area contributed by atoms with Crippen LogP contribution in [0, 0.1) is 6.92 Å². The van der Waals surface area contributed by atoms with Gasteiger partial charge >= 0.3 is 0 Å². The third-order valence-corrected chi connectivity index (χ3v) is 4.19. The Kier molecular flexibility index (Phi) is 4.99. The summed E-state index contributed by atoms with van der Waals surface area (Å²) in [4.78, 5) is 0. The van der Waals surface area contributed by atoms with Gasteiger partial charge in [-0.2, -0.15) is 0 Å². The number of benzene rings is 2. The molecule has 0 aliphatic carbocycles. The molecule has 0 saturated carbocycles. The quantitative estimate of drug-likeness (QED) is 0.782. The van der Waals surface area contributed by atoms with Crippen LogP contribution in [0.5, 0.6) is 5.75 Å². The van der Waals surface area contributed by atoms with Crippen LogP contribution in [0.25, 0.3) is 0 Å². The molecule has 3 nitrogen and oxygen atoms in total. The zero-order valence-corrected chi connectivity index (χ0v) is 13.9. The maximum Gasteiger partial charge on any atom is 0.195 e. The Morgan fingerprint density at radius 3 is 2.43 bits per heavy atom. The monoisotopic (exact) mass is 312 g/mol. The van der Waals surface area contributed by atoms with Crippen LogP contribution in [0.2, 0.25) is 0 Å². The fourth-order valence-electron chi connectivity index (χ4n) is 3.11. The first-order valence-corrected chi connectivity index (χ1v) is 8.29. The summed E-state index contributed by atoms with van der Waals surface area (Å²) in [6.07, 6.45) is 1.89. The summed E-state index contributed by atoms with van der Waals surface area (Å²) in [5.41, 5.74) is 3.42. The second kappa shape index (κ2) is 7.16. The molecule has 1 aliphatic heterocycles. The molecule has 23 heavy (non-hydrogen) atoms. The Labute approximate surface area is 138 Å². The van der Waals surface area contributed by atoms with Gasteiger partial charge in [0.2, 0.25) is 0 Å². The van der Waals surface area contributed by atoms with Gasteiger partial charge in [-0.05, 0) is 36.2 Å². The summed E-state index contributed by atoms with van der Waals surface area (Å²) in [5.74, 6) is 0.302. The Hall–Kier alpha value is -1.84. The van der Waals surface area contributed by atoms with Gasteiger partial charge in [-0.15, -0.1) is 0 Å². The minimum absolute atomic E-state index is 0.573. The zero-order chi connectivity index (χ0) is 16.1. The molecule has 2 aromatic rings. The largest absolute Gasteiger partial charge is 0.489 e. The van der Waals surface area contributed by atoms with Gasteiger partial charge in [0.25, 0.3) is 0 Å². The highest BCUT2D eigenvalue weighted by Gasteiger charge is 2.38. The highest BCUT2D eigenvalue weighted by atomic mass is 16.7. The van der Waals surface area contributed by atoms with Crippen molar-refractivity contribution in [3.63, 3.8) is 0 Å². The van der Waals surface area contributed by atoms with Gasteiger partial charge in [0.1, 0.15) is 12.4 Å². The van der Waals surface area contributed by atoms with Crippen molar-refractivity contribution in [2.24, 2.45) is 0 Å². The van der Waals surface area contributed by atoms with Crippen molar-refractivity contribution in [3.05, 3.63) is 65.2 Å². The van der Waals surface area contributed by atoms with Crippen molar-refractivity contribution < 1.29 is 14.2 Å². The number of hydrogen-bond donors (Lipinski definition) is 0. The highest BCUT2D eigenvalue weighted by Crippen LogP contribution is 2.38. The van der Waals surface area contributed by atoms with Crippen molar-refractivity contribution in [3.8, 4) is 5.75 Å². The lowest BCUT2D eigenvalue weighted by Crippen LogP contribution is -2.27. The Morgan fingerprint density at radius 2 is 1.78 bits per heavy atom. The SMILES string of the molecule is CCCC1(c2ccc(OCc3ccccc3)cc2C)OCCO1. The lowest BCUT2D eigenvalue weighted by molar-refractivity contribution is -0.171. The van der Waals surface area contributed by atoms with Crippen LogP contribution >= 0.6 is 0 Å². The molecule has 3 rings (SSSR count). The van der Waals surface area contributed by atoms with Crippen LogP contribution in [-0.4, -0.2) is 13.2 Å². The lowest BCUT2D eigenvalue weighted by atomic mass is 9.96. The molecule has 1 saturated heterocycles. The van der Waals surface area contributed by atoms with Gasteiger partial charge in [0.15, 0.2) is 5.79 Å². The summed E-state index contributed by atoms with van der Waals surface area (Å²) < 4.78 is 17.8. The van der Waals surface area contributed by atoms with E-state index in [-0.39, 0.29) is 0 Å². The van der Waals surface area contributed by atoms with Gasteiger partial charge in [-0.3, -0.25) is 0 Å². The average molecular weight is 312 g/mol. The van der Waals surface area contributed by atoms with Gasteiger partial charge in [-0.25, -0.2) is 0 Å². The molecular formula is C20H24O3. The van der Waals surface area contributed by atoms with E-state index in [1.54, 1.807) is 0 Å². The van der Waals surface area contributed by atoms with E-state index in [9.17, 15) is 0 Å². The third-order valence-electron chi connectivity index (χ3n) is 4.19. The summed E-state index contributed by atoms with van der Waals surface area (Å²) in [6, 6.07) is 16.4. The Bertz CT molecular complexity index is 631. The van der Waals surface area contributed by atoms with Crippen molar-refractivity contribution in [2.75, 3.05) is 13.2 Å². The fraction of sp³-hybridized carbons (Fsp3) is 0.400. The molecule has 0 N–H and O–H groups in total. The van der Waals surface area contributed by atoms with E-state index in [1.165, 1.54) is 5.56 Å². The van der Waals surface area contributed by atoms with Crippen molar-refractivity contribution >= 4 is 0 Å². The molecule has 3 heteroatoms. The van der Waals surface area contributed by atoms with Crippen LogP contribution in [0.15, 0.2) is 48.5 Å². The first-order chi connectivity index (χ1) is 11.2. The van der Waals surface area contributed by atoms with E-state index in [0.29, 0.717) is 19.8 Å². The standard InChI is InChI=1S/C20H24O3/c1-3-11-20(22-12-13-23-20)19-10-9-18(14-16(19)2)21-15-17-7-5-4-6-8-17/h4-10,14H,3,11-13,15H2,1-2H3. The molecule has 1 aliphatic rings. The Morgan fingerprint density at radius 1 is 1.04 bits per heavy atom. The van der Waals surface area contributed by atoms with Crippen LogP contribution in [-0.2, 0) is 21.9 Å². The molecule has 2 aromatic carbocycles. The van der Waals surface area contributed by atoms with E-state index in [0.717, 1.165) is 29.7 Å². The maximum absolute atomic E-state index is 5.95. The maximum atomic E-state index is 5.95. The van der Waals surface area contributed by atoms with Crippen molar-refractivity contribution in [2.45, 2.75) is 39.1 Å². The van der Waals surface area contributed by atoms with E-state index >= 15 is 0 Å². The molecule has 0 atom stereocenters. The average Bonchev–Trinajstić information content (AvgIpc) is 3.04. The number of ether oxygens (including phenoxy) is 3. The molecule has 0 radical (unpaired) electrons. The minimum Gasteiger partial charge on any atom is -0.489 e. The van der Waals surface area contributed by atoms with Crippen LogP contribution in [0.1, 0.15) is 36.5 Å². The molecule has 0 aromatic heterocycles. The number of rotatable bonds is 6. The van der Waals surface area contributed by atoms with Crippen LogP contribution in [0.4, 0.5) is 0 Å². The smallest absolute Gasteiger partial charge is 0.195 e.